The lowest BCUT2D eigenvalue weighted by atomic mass is 10.3. The van der Waals surface area contributed by atoms with Crippen LogP contribution in [0.1, 0.15) is 6.92 Å². The topological polar surface area (TPSA) is 70.1 Å². The zero-order valence-electron chi connectivity index (χ0n) is 8.92. The number of hydrogen-bond acceptors (Lipinski definition) is 6. The lowest BCUT2D eigenvalue weighted by Gasteiger charge is -2.32. The fourth-order valence-corrected chi connectivity index (χ4v) is 1.96. The zero-order chi connectivity index (χ0) is 11.3. The molecule has 0 atom stereocenters. The lowest BCUT2D eigenvalue weighted by molar-refractivity contribution is -0.0837. The van der Waals surface area contributed by atoms with E-state index in [1.807, 2.05) is 0 Å². The number of hydrogen-bond donors (Lipinski definition) is 1. The van der Waals surface area contributed by atoms with Gasteiger partial charge in [-0.15, -0.1) is 0 Å². The average Bonchev–Trinajstić information content (AvgIpc) is 2.21. The summed E-state index contributed by atoms with van der Waals surface area (Å²) in [6.07, 6.45) is 0. The number of aliphatic hydroxyl groups excluding tert-OH is 1. The summed E-state index contributed by atoms with van der Waals surface area (Å²) < 4.78 is 27.2. The van der Waals surface area contributed by atoms with E-state index < -0.39 is 10.1 Å². The predicted molar refractivity (Wildman–Crippen MR) is 55.6 cm³/mol. The SMILES string of the molecule is CCS(=O)(=O)ON1CCN(CCO)CC1. The van der Waals surface area contributed by atoms with Gasteiger partial charge in [-0.05, 0) is 6.92 Å². The number of aliphatic hydroxyl groups is 1. The van der Waals surface area contributed by atoms with E-state index in [0.29, 0.717) is 19.6 Å². The molecule has 1 aliphatic heterocycles. The molecule has 0 aromatic heterocycles. The van der Waals surface area contributed by atoms with Crippen LogP contribution in [0.25, 0.3) is 0 Å². The molecule has 0 amide bonds. The van der Waals surface area contributed by atoms with Gasteiger partial charge in [0, 0.05) is 32.7 Å². The Morgan fingerprint density at radius 3 is 2.33 bits per heavy atom. The van der Waals surface area contributed by atoms with Crippen molar-refractivity contribution in [3.05, 3.63) is 0 Å². The Hall–Kier alpha value is -0.210. The molecule has 15 heavy (non-hydrogen) atoms. The summed E-state index contributed by atoms with van der Waals surface area (Å²) in [5.41, 5.74) is 0. The molecule has 6 nitrogen and oxygen atoms in total. The summed E-state index contributed by atoms with van der Waals surface area (Å²) in [5.74, 6) is -0.0101. The third kappa shape index (κ3) is 4.43. The van der Waals surface area contributed by atoms with Gasteiger partial charge in [-0.25, -0.2) is 0 Å². The van der Waals surface area contributed by atoms with Gasteiger partial charge >= 0.3 is 0 Å². The van der Waals surface area contributed by atoms with Crippen molar-refractivity contribution in [2.45, 2.75) is 6.92 Å². The minimum Gasteiger partial charge on any atom is -0.395 e. The predicted octanol–water partition coefficient (Wildman–Crippen LogP) is -1.12. The third-order valence-electron chi connectivity index (χ3n) is 2.32. The second kappa shape index (κ2) is 5.76. The van der Waals surface area contributed by atoms with Crippen molar-refractivity contribution >= 4 is 10.1 Å². The second-order valence-electron chi connectivity index (χ2n) is 3.42. The first-order valence-corrected chi connectivity index (χ1v) is 6.65. The molecule has 0 radical (unpaired) electrons. The molecule has 0 saturated carbocycles. The molecular weight excluding hydrogens is 220 g/mol. The van der Waals surface area contributed by atoms with Crippen LogP contribution in [0, 0.1) is 0 Å². The molecule has 1 aliphatic rings. The van der Waals surface area contributed by atoms with Gasteiger partial charge in [0.05, 0.1) is 12.4 Å². The Kier molecular flexibility index (Phi) is 4.94. The van der Waals surface area contributed by atoms with Crippen LogP contribution in [0.3, 0.4) is 0 Å². The summed E-state index contributed by atoms with van der Waals surface area (Å²) in [6.45, 7) is 4.87. The van der Waals surface area contributed by atoms with Crippen molar-refractivity contribution < 1.29 is 17.8 Å². The quantitative estimate of drug-likeness (QED) is 0.654. The normalized spacial score (nSPS) is 20.7. The second-order valence-corrected chi connectivity index (χ2v) is 5.26. The van der Waals surface area contributed by atoms with Crippen LogP contribution in [0.4, 0.5) is 0 Å². The fraction of sp³-hybridized carbons (Fsp3) is 1.00. The van der Waals surface area contributed by atoms with Crippen molar-refractivity contribution in [2.24, 2.45) is 0 Å². The van der Waals surface area contributed by atoms with Gasteiger partial charge in [0.15, 0.2) is 0 Å². The number of β-amino-alcohol motifs (C(OH)–C–C–N with tert-alkyl or cyclic N) is 1. The van der Waals surface area contributed by atoms with Crippen LogP contribution < -0.4 is 0 Å². The molecule has 90 valence electrons. The molecule has 1 rings (SSSR count). The summed E-state index contributed by atoms with van der Waals surface area (Å²) >= 11 is 0. The van der Waals surface area contributed by atoms with Crippen LogP contribution >= 0.6 is 0 Å². The largest absolute Gasteiger partial charge is 0.395 e. The summed E-state index contributed by atoms with van der Waals surface area (Å²) in [6, 6.07) is 0. The maximum atomic E-state index is 11.2. The van der Waals surface area contributed by atoms with E-state index >= 15 is 0 Å². The minimum absolute atomic E-state index is 0.0101. The van der Waals surface area contributed by atoms with Crippen LogP contribution in [0.15, 0.2) is 0 Å². The van der Waals surface area contributed by atoms with Gasteiger partial charge in [0.2, 0.25) is 0 Å². The maximum Gasteiger partial charge on any atom is 0.283 e. The van der Waals surface area contributed by atoms with E-state index in [4.69, 9.17) is 9.39 Å². The van der Waals surface area contributed by atoms with E-state index in [2.05, 4.69) is 4.90 Å². The molecule has 0 aromatic carbocycles. The van der Waals surface area contributed by atoms with Crippen LogP contribution in [-0.2, 0) is 14.4 Å². The molecule has 1 heterocycles. The highest BCUT2D eigenvalue weighted by Gasteiger charge is 2.21. The highest BCUT2D eigenvalue weighted by molar-refractivity contribution is 7.86. The molecule has 1 fully saturated rings. The highest BCUT2D eigenvalue weighted by atomic mass is 32.2. The first-order chi connectivity index (χ1) is 7.07. The van der Waals surface area contributed by atoms with E-state index in [1.54, 1.807) is 6.92 Å². The molecule has 0 unspecified atom stereocenters. The molecule has 0 bridgehead atoms. The van der Waals surface area contributed by atoms with Crippen LogP contribution in [0.2, 0.25) is 0 Å². The van der Waals surface area contributed by atoms with Gasteiger partial charge in [-0.1, -0.05) is 0 Å². The Balaban J connectivity index is 2.32. The van der Waals surface area contributed by atoms with Crippen molar-refractivity contribution in [1.82, 2.24) is 9.96 Å². The first kappa shape index (κ1) is 12.9. The van der Waals surface area contributed by atoms with Gasteiger partial charge in [-0.3, -0.25) is 4.90 Å². The van der Waals surface area contributed by atoms with Crippen molar-refractivity contribution in [1.29, 1.82) is 0 Å². The molecule has 1 saturated heterocycles. The van der Waals surface area contributed by atoms with Crippen LogP contribution in [-0.4, -0.2) is 68.6 Å². The highest BCUT2D eigenvalue weighted by Crippen LogP contribution is 2.05. The van der Waals surface area contributed by atoms with E-state index in [0.717, 1.165) is 13.1 Å². The van der Waals surface area contributed by atoms with Gasteiger partial charge in [0.25, 0.3) is 10.1 Å². The number of hydroxylamine groups is 2. The maximum absolute atomic E-state index is 11.2. The first-order valence-electron chi connectivity index (χ1n) is 5.08. The smallest absolute Gasteiger partial charge is 0.283 e. The third-order valence-corrected chi connectivity index (χ3v) is 3.47. The molecule has 1 N–H and O–H groups in total. The minimum atomic E-state index is -3.39. The molecule has 0 aromatic rings. The average molecular weight is 238 g/mol. The Morgan fingerprint density at radius 2 is 1.87 bits per heavy atom. The number of nitrogens with zero attached hydrogens (tertiary/aromatic N) is 2. The van der Waals surface area contributed by atoms with Gasteiger partial charge < -0.3 is 5.11 Å². The van der Waals surface area contributed by atoms with E-state index in [9.17, 15) is 8.42 Å². The van der Waals surface area contributed by atoms with Crippen molar-refractivity contribution in [2.75, 3.05) is 45.1 Å². The number of rotatable bonds is 5. The zero-order valence-corrected chi connectivity index (χ0v) is 9.74. The van der Waals surface area contributed by atoms with E-state index in [1.165, 1.54) is 5.06 Å². The summed E-state index contributed by atoms with van der Waals surface area (Å²) in [5, 5.41) is 10.2. The fourth-order valence-electron chi connectivity index (χ4n) is 1.38. The monoisotopic (exact) mass is 238 g/mol. The Labute approximate surface area is 90.5 Å². The lowest BCUT2D eigenvalue weighted by Crippen LogP contribution is -2.47. The standard InChI is InChI=1S/C8H18N2O4S/c1-2-15(12,13)14-10-5-3-9(4-6-10)7-8-11/h11H,2-8H2,1H3. The Morgan fingerprint density at radius 1 is 1.27 bits per heavy atom. The molecular formula is C8H18N2O4S. The summed E-state index contributed by atoms with van der Waals surface area (Å²) in [7, 11) is -3.39. The van der Waals surface area contributed by atoms with Crippen molar-refractivity contribution in [3.8, 4) is 0 Å². The molecule has 7 heteroatoms. The molecule has 0 aliphatic carbocycles. The van der Waals surface area contributed by atoms with Gasteiger partial charge in [0.1, 0.15) is 0 Å². The number of piperazine rings is 1. The van der Waals surface area contributed by atoms with Crippen molar-refractivity contribution in [3.63, 3.8) is 0 Å². The molecule has 0 spiro atoms. The Bertz CT molecular complexity index is 272. The van der Waals surface area contributed by atoms with Gasteiger partial charge in [-0.2, -0.15) is 17.8 Å². The van der Waals surface area contributed by atoms with Crippen LogP contribution in [0.5, 0.6) is 0 Å². The van der Waals surface area contributed by atoms with E-state index in [-0.39, 0.29) is 12.4 Å². The summed E-state index contributed by atoms with van der Waals surface area (Å²) in [4.78, 5) is 2.07.